The van der Waals surface area contributed by atoms with Gasteiger partial charge in [0.1, 0.15) is 5.69 Å². The van der Waals surface area contributed by atoms with Crippen molar-refractivity contribution in [1.29, 1.82) is 0 Å². The van der Waals surface area contributed by atoms with Gasteiger partial charge in [-0.1, -0.05) is 0 Å². The van der Waals surface area contributed by atoms with E-state index in [2.05, 4.69) is 5.10 Å². The third-order valence-electron chi connectivity index (χ3n) is 1.65. The molecule has 0 fully saturated rings. The summed E-state index contributed by atoms with van der Waals surface area (Å²) >= 11 is 0. The average Bonchev–Trinajstić information content (AvgIpc) is 2.29. The van der Waals surface area contributed by atoms with E-state index in [1.165, 1.54) is 0 Å². The zero-order valence-corrected chi connectivity index (χ0v) is 7.94. The molecule has 0 bridgehead atoms. The van der Waals surface area contributed by atoms with Gasteiger partial charge in [0.2, 0.25) is 0 Å². The SMILES string of the molecule is CC(C)(N)Cc1cn[nH]c1C(F)(F)F. The predicted molar refractivity (Wildman–Crippen MR) is 45.6 cm³/mol. The summed E-state index contributed by atoms with van der Waals surface area (Å²) < 4.78 is 37.0. The molecule has 80 valence electrons. The maximum Gasteiger partial charge on any atom is 0.433 e. The van der Waals surface area contributed by atoms with E-state index in [1.54, 1.807) is 13.8 Å². The number of alkyl halides is 3. The lowest BCUT2D eigenvalue weighted by molar-refractivity contribution is -0.141. The molecule has 0 unspecified atom stereocenters. The van der Waals surface area contributed by atoms with Crippen molar-refractivity contribution >= 4 is 0 Å². The summed E-state index contributed by atoms with van der Waals surface area (Å²) in [6.07, 6.45) is -3.09. The third kappa shape index (κ3) is 2.73. The van der Waals surface area contributed by atoms with Gasteiger partial charge in [0.05, 0.1) is 6.20 Å². The lowest BCUT2D eigenvalue weighted by atomic mass is 9.96. The number of rotatable bonds is 2. The van der Waals surface area contributed by atoms with Crippen LogP contribution in [-0.4, -0.2) is 15.7 Å². The van der Waals surface area contributed by atoms with E-state index < -0.39 is 17.4 Å². The van der Waals surface area contributed by atoms with Gasteiger partial charge in [-0.3, -0.25) is 5.10 Å². The summed E-state index contributed by atoms with van der Waals surface area (Å²) in [7, 11) is 0. The number of H-pyrrole nitrogens is 1. The fourth-order valence-corrected chi connectivity index (χ4v) is 1.18. The van der Waals surface area contributed by atoms with E-state index in [0.29, 0.717) is 0 Å². The zero-order chi connectivity index (χ0) is 11.0. The van der Waals surface area contributed by atoms with Crippen LogP contribution in [0.15, 0.2) is 6.20 Å². The number of hydrogen-bond acceptors (Lipinski definition) is 2. The van der Waals surface area contributed by atoms with Crippen molar-refractivity contribution in [1.82, 2.24) is 10.2 Å². The topological polar surface area (TPSA) is 54.7 Å². The Morgan fingerprint density at radius 1 is 1.43 bits per heavy atom. The van der Waals surface area contributed by atoms with Crippen LogP contribution in [0, 0.1) is 0 Å². The highest BCUT2D eigenvalue weighted by atomic mass is 19.4. The second kappa shape index (κ2) is 3.27. The molecule has 0 aliphatic carbocycles. The van der Waals surface area contributed by atoms with Crippen LogP contribution in [0.4, 0.5) is 13.2 Å². The first kappa shape index (κ1) is 11.0. The van der Waals surface area contributed by atoms with Crippen molar-refractivity contribution in [2.45, 2.75) is 32.0 Å². The molecule has 0 atom stereocenters. The van der Waals surface area contributed by atoms with Gasteiger partial charge < -0.3 is 5.73 Å². The molecular weight excluding hydrogens is 195 g/mol. The number of nitrogens with zero attached hydrogens (tertiary/aromatic N) is 1. The van der Waals surface area contributed by atoms with Crippen LogP contribution in [0.5, 0.6) is 0 Å². The lowest BCUT2D eigenvalue weighted by Crippen LogP contribution is -2.35. The van der Waals surface area contributed by atoms with Crippen LogP contribution in [0.3, 0.4) is 0 Å². The van der Waals surface area contributed by atoms with E-state index in [9.17, 15) is 13.2 Å². The number of aromatic nitrogens is 2. The molecule has 0 spiro atoms. The number of nitrogens with two attached hydrogens (primary N) is 1. The van der Waals surface area contributed by atoms with E-state index in [0.717, 1.165) is 6.20 Å². The molecule has 1 aromatic rings. The minimum absolute atomic E-state index is 0.102. The Kier molecular flexibility index (Phi) is 2.58. The smallest absolute Gasteiger partial charge is 0.325 e. The molecule has 1 aromatic heterocycles. The van der Waals surface area contributed by atoms with Gasteiger partial charge >= 0.3 is 6.18 Å². The monoisotopic (exact) mass is 207 g/mol. The molecule has 14 heavy (non-hydrogen) atoms. The first-order chi connectivity index (χ1) is 6.20. The Hall–Kier alpha value is -1.04. The number of hydrogen-bond donors (Lipinski definition) is 2. The van der Waals surface area contributed by atoms with Gasteiger partial charge in [0.25, 0.3) is 0 Å². The van der Waals surface area contributed by atoms with Crippen molar-refractivity contribution < 1.29 is 13.2 Å². The first-order valence-corrected chi connectivity index (χ1v) is 4.08. The quantitative estimate of drug-likeness (QED) is 0.775. The summed E-state index contributed by atoms with van der Waals surface area (Å²) in [5.41, 5.74) is 4.25. The van der Waals surface area contributed by atoms with Gasteiger partial charge in [-0.25, -0.2) is 0 Å². The van der Waals surface area contributed by atoms with Crippen LogP contribution in [-0.2, 0) is 12.6 Å². The molecule has 0 aliphatic heterocycles. The number of aromatic amines is 1. The van der Waals surface area contributed by atoms with Gasteiger partial charge in [-0.15, -0.1) is 0 Å². The van der Waals surface area contributed by atoms with E-state index in [-0.39, 0.29) is 12.0 Å². The van der Waals surface area contributed by atoms with Crippen LogP contribution < -0.4 is 5.73 Å². The molecule has 0 amide bonds. The van der Waals surface area contributed by atoms with Crippen molar-refractivity contribution in [3.05, 3.63) is 17.5 Å². The standard InChI is InChI=1S/C8H12F3N3/c1-7(2,12)3-5-4-13-14-6(5)8(9,10)11/h4H,3,12H2,1-2H3,(H,13,14). The summed E-state index contributed by atoms with van der Waals surface area (Å²) in [4.78, 5) is 0. The largest absolute Gasteiger partial charge is 0.433 e. The molecule has 0 saturated heterocycles. The van der Waals surface area contributed by atoms with Crippen LogP contribution in [0.25, 0.3) is 0 Å². The minimum atomic E-state index is -4.39. The van der Waals surface area contributed by atoms with Gasteiger partial charge in [-0.05, 0) is 20.3 Å². The number of halogens is 3. The second-order valence-electron chi connectivity index (χ2n) is 3.93. The van der Waals surface area contributed by atoms with Gasteiger partial charge in [-0.2, -0.15) is 18.3 Å². The van der Waals surface area contributed by atoms with Gasteiger partial charge in [0, 0.05) is 11.1 Å². The van der Waals surface area contributed by atoms with Crippen LogP contribution in [0.2, 0.25) is 0 Å². The van der Waals surface area contributed by atoms with Crippen LogP contribution in [0.1, 0.15) is 25.1 Å². The summed E-state index contributed by atoms with van der Waals surface area (Å²) in [6, 6.07) is 0. The van der Waals surface area contributed by atoms with Crippen molar-refractivity contribution in [3.63, 3.8) is 0 Å². The molecule has 6 heteroatoms. The Morgan fingerprint density at radius 2 is 2.00 bits per heavy atom. The molecule has 1 heterocycles. The molecule has 0 saturated carbocycles. The van der Waals surface area contributed by atoms with E-state index in [4.69, 9.17) is 5.73 Å². The fourth-order valence-electron chi connectivity index (χ4n) is 1.18. The van der Waals surface area contributed by atoms with Crippen molar-refractivity contribution in [2.24, 2.45) is 5.73 Å². The maximum absolute atomic E-state index is 12.3. The molecule has 1 rings (SSSR count). The zero-order valence-electron chi connectivity index (χ0n) is 7.94. The lowest BCUT2D eigenvalue weighted by Gasteiger charge is -2.18. The summed E-state index contributed by atoms with van der Waals surface area (Å²) in [6.45, 7) is 3.33. The summed E-state index contributed by atoms with van der Waals surface area (Å²) in [5.74, 6) is 0. The molecule has 3 N–H and O–H groups in total. The van der Waals surface area contributed by atoms with E-state index in [1.807, 2.05) is 5.10 Å². The highest BCUT2D eigenvalue weighted by Gasteiger charge is 2.36. The summed E-state index contributed by atoms with van der Waals surface area (Å²) in [5, 5.41) is 5.31. The Balaban J connectivity index is 2.95. The predicted octanol–water partition coefficient (Wildman–Crippen LogP) is 1.71. The molecule has 0 radical (unpaired) electrons. The molecular formula is C8H12F3N3. The van der Waals surface area contributed by atoms with Gasteiger partial charge in [0.15, 0.2) is 0 Å². The maximum atomic E-state index is 12.3. The van der Waals surface area contributed by atoms with Crippen molar-refractivity contribution in [3.8, 4) is 0 Å². The molecule has 0 aromatic carbocycles. The molecule has 3 nitrogen and oxygen atoms in total. The Labute approximate surface area is 79.5 Å². The Bertz CT molecular complexity index is 308. The minimum Gasteiger partial charge on any atom is -0.325 e. The third-order valence-corrected chi connectivity index (χ3v) is 1.65. The first-order valence-electron chi connectivity index (χ1n) is 4.08. The average molecular weight is 207 g/mol. The fraction of sp³-hybridized carbons (Fsp3) is 0.625. The Morgan fingerprint density at radius 3 is 2.43 bits per heavy atom. The van der Waals surface area contributed by atoms with Crippen LogP contribution >= 0.6 is 0 Å². The highest BCUT2D eigenvalue weighted by molar-refractivity contribution is 5.21. The van der Waals surface area contributed by atoms with E-state index >= 15 is 0 Å². The second-order valence-corrected chi connectivity index (χ2v) is 3.93. The normalized spacial score (nSPS) is 13.3. The van der Waals surface area contributed by atoms with Crippen molar-refractivity contribution in [2.75, 3.05) is 0 Å². The molecule has 0 aliphatic rings. The number of nitrogens with one attached hydrogen (secondary N) is 1. The highest BCUT2D eigenvalue weighted by Crippen LogP contribution is 2.31.